The molecule has 2 aliphatic heterocycles. The van der Waals surface area contributed by atoms with Gasteiger partial charge in [-0.2, -0.15) is 0 Å². The Morgan fingerprint density at radius 1 is 1.32 bits per heavy atom. The maximum Gasteiger partial charge on any atom is 0.327 e. The van der Waals surface area contributed by atoms with E-state index in [1.807, 2.05) is 24.3 Å². The van der Waals surface area contributed by atoms with Gasteiger partial charge in [0.05, 0.1) is 11.1 Å². The molecule has 100 valence electrons. The van der Waals surface area contributed by atoms with Gasteiger partial charge in [0.15, 0.2) is 0 Å². The van der Waals surface area contributed by atoms with Crippen molar-refractivity contribution in [2.75, 3.05) is 11.6 Å². The van der Waals surface area contributed by atoms with E-state index in [0.717, 1.165) is 4.90 Å². The SMILES string of the molecule is O=C(O)[C@@H]1CSCN1C(=O)C1Cc2ccccc2S1. The second-order valence-electron chi connectivity index (χ2n) is 4.58. The first-order chi connectivity index (χ1) is 9.16. The van der Waals surface area contributed by atoms with E-state index in [9.17, 15) is 9.59 Å². The van der Waals surface area contributed by atoms with Crippen molar-refractivity contribution in [3.63, 3.8) is 0 Å². The predicted octanol–water partition coefficient (Wildman–Crippen LogP) is 1.69. The summed E-state index contributed by atoms with van der Waals surface area (Å²) in [6.07, 6.45) is 0.702. The Morgan fingerprint density at radius 3 is 2.84 bits per heavy atom. The predicted molar refractivity (Wildman–Crippen MR) is 75.4 cm³/mol. The maximum atomic E-state index is 12.5. The number of hydrogen-bond donors (Lipinski definition) is 1. The van der Waals surface area contributed by atoms with Gasteiger partial charge in [0.2, 0.25) is 5.91 Å². The van der Waals surface area contributed by atoms with Gasteiger partial charge in [-0.05, 0) is 18.1 Å². The van der Waals surface area contributed by atoms with Crippen LogP contribution in [0.25, 0.3) is 0 Å². The van der Waals surface area contributed by atoms with Crippen LogP contribution in [0.2, 0.25) is 0 Å². The molecule has 1 amide bonds. The third-order valence-corrected chi connectivity index (χ3v) is 5.69. The normalized spacial score (nSPS) is 25.4. The van der Waals surface area contributed by atoms with Crippen LogP contribution in [0.15, 0.2) is 29.2 Å². The van der Waals surface area contributed by atoms with Gasteiger partial charge in [0, 0.05) is 10.6 Å². The first kappa shape index (κ1) is 12.9. The lowest BCUT2D eigenvalue weighted by molar-refractivity contribution is -0.147. The monoisotopic (exact) mass is 295 g/mol. The number of carboxylic acid groups (broad SMARTS) is 1. The van der Waals surface area contributed by atoms with E-state index in [4.69, 9.17) is 5.11 Å². The van der Waals surface area contributed by atoms with Crippen molar-refractivity contribution < 1.29 is 14.7 Å². The van der Waals surface area contributed by atoms with Crippen molar-refractivity contribution in [3.8, 4) is 0 Å². The third-order valence-electron chi connectivity index (χ3n) is 3.37. The standard InChI is InChI=1S/C13H13NO3S2/c15-12(14-7-18-6-9(14)13(16)17)11-5-8-3-1-2-4-10(8)19-11/h1-4,9,11H,5-7H2,(H,16,17)/t9-,11?/m0/s1. The summed E-state index contributed by atoms with van der Waals surface area (Å²) in [5.74, 6) is 0.0340. The zero-order chi connectivity index (χ0) is 13.4. The van der Waals surface area contributed by atoms with Crippen LogP contribution in [0.5, 0.6) is 0 Å². The van der Waals surface area contributed by atoms with Crippen LogP contribution in [0, 0.1) is 0 Å². The highest BCUT2D eigenvalue weighted by molar-refractivity contribution is 8.01. The number of hydrogen-bond acceptors (Lipinski definition) is 4. The zero-order valence-electron chi connectivity index (χ0n) is 10.1. The first-order valence-corrected chi connectivity index (χ1v) is 8.06. The van der Waals surface area contributed by atoms with Crippen LogP contribution in [0.1, 0.15) is 5.56 Å². The van der Waals surface area contributed by atoms with E-state index in [1.54, 1.807) is 11.8 Å². The molecule has 0 saturated carbocycles. The van der Waals surface area contributed by atoms with Crippen molar-refractivity contribution in [2.24, 2.45) is 0 Å². The second kappa shape index (κ2) is 5.09. The molecule has 1 fully saturated rings. The number of rotatable bonds is 2. The Morgan fingerprint density at radius 2 is 2.11 bits per heavy atom. The Kier molecular flexibility index (Phi) is 3.45. The largest absolute Gasteiger partial charge is 0.480 e. The number of fused-ring (bicyclic) bond motifs is 1. The van der Waals surface area contributed by atoms with Crippen molar-refractivity contribution in [3.05, 3.63) is 29.8 Å². The van der Waals surface area contributed by atoms with Gasteiger partial charge in [-0.25, -0.2) is 4.79 Å². The molecule has 1 aromatic rings. The molecule has 2 aliphatic rings. The number of thioether (sulfide) groups is 2. The van der Waals surface area contributed by atoms with Gasteiger partial charge in [0.1, 0.15) is 6.04 Å². The summed E-state index contributed by atoms with van der Waals surface area (Å²) in [6.45, 7) is 0. The minimum Gasteiger partial charge on any atom is -0.480 e. The molecule has 6 heteroatoms. The van der Waals surface area contributed by atoms with E-state index in [2.05, 4.69) is 0 Å². The van der Waals surface area contributed by atoms with E-state index in [-0.39, 0.29) is 11.2 Å². The molecule has 1 N–H and O–H groups in total. The van der Waals surface area contributed by atoms with Crippen molar-refractivity contribution in [1.29, 1.82) is 0 Å². The van der Waals surface area contributed by atoms with Gasteiger partial charge in [-0.15, -0.1) is 23.5 Å². The quantitative estimate of drug-likeness (QED) is 0.900. The number of nitrogens with zero attached hydrogens (tertiary/aromatic N) is 1. The fraction of sp³-hybridized carbons (Fsp3) is 0.385. The molecular weight excluding hydrogens is 282 g/mol. The summed E-state index contributed by atoms with van der Waals surface area (Å²) in [5.41, 5.74) is 1.18. The molecule has 4 nitrogen and oxygen atoms in total. The average Bonchev–Trinajstić information content (AvgIpc) is 3.04. The number of amides is 1. The molecule has 0 aliphatic carbocycles. The van der Waals surface area contributed by atoms with E-state index >= 15 is 0 Å². The minimum atomic E-state index is -0.904. The van der Waals surface area contributed by atoms with Crippen LogP contribution >= 0.6 is 23.5 Å². The highest BCUT2D eigenvalue weighted by atomic mass is 32.2. The molecule has 0 radical (unpaired) electrons. The Labute approximate surface area is 119 Å². The summed E-state index contributed by atoms with van der Waals surface area (Å²) in [6, 6.07) is 7.31. The van der Waals surface area contributed by atoms with Crippen molar-refractivity contribution in [1.82, 2.24) is 4.90 Å². The topological polar surface area (TPSA) is 57.6 Å². The highest BCUT2D eigenvalue weighted by Crippen LogP contribution is 2.38. The Balaban J connectivity index is 1.74. The van der Waals surface area contributed by atoms with Crippen LogP contribution < -0.4 is 0 Å². The first-order valence-electron chi connectivity index (χ1n) is 6.02. The smallest absolute Gasteiger partial charge is 0.327 e. The molecule has 19 heavy (non-hydrogen) atoms. The lowest BCUT2D eigenvalue weighted by atomic mass is 10.1. The minimum absolute atomic E-state index is 0.0430. The van der Waals surface area contributed by atoms with Crippen molar-refractivity contribution in [2.45, 2.75) is 22.6 Å². The number of aliphatic carboxylic acids is 1. The van der Waals surface area contributed by atoms with Gasteiger partial charge in [-0.1, -0.05) is 18.2 Å². The fourth-order valence-corrected chi connectivity index (χ4v) is 4.79. The number of benzene rings is 1. The molecule has 2 atom stereocenters. The van der Waals surface area contributed by atoms with Crippen molar-refractivity contribution >= 4 is 35.4 Å². The highest BCUT2D eigenvalue weighted by Gasteiger charge is 2.39. The van der Waals surface area contributed by atoms with Crippen LogP contribution in [-0.2, 0) is 16.0 Å². The Bertz CT molecular complexity index is 509. The third kappa shape index (κ3) is 2.34. The zero-order valence-corrected chi connectivity index (χ0v) is 11.7. The number of carboxylic acids is 1. The summed E-state index contributed by atoms with van der Waals surface area (Å²) in [5, 5.41) is 8.97. The number of carbonyl (C=O) groups excluding carboxylic acids is 1. The van der Waals surface area contributed by atoms with E-state index in [0.29, 0.717) is 18.1 Å². The molecule has 1 saturated heterocycles. The van der Waals surface area contributed by atoms with E-state index in [1.165, 1.54) is 22.2 Å². The van der Waals surface area contributed by atoms with Gasteiger partial charge in [-0.3, -0.25) is 4.79 Å². The summed E-state index contributed by atoms with van der Waals surface area (Å²) >= 11 is 3.06. The molecule has 0 aromatic heterocycles. The number of carbonyl (C=O) groups is 2. The molecule has 1 aromatic carbocycles. The molecule has 2 heterocycles. The summed E-state index contributed by atoms with van der Waals surface area (Å²) < 4.78 is 0. The maximum absolute atomic E-state index is 12.5. The van der Waals surface area contributed by atoms with E-state index < -0.39 is 12.0 Å². The van der Waals surface area contributed by atoms with Gasteiger partial charge >= 0.3 is 5.97 Å². The second-order valence-corrected chi connectivity index (χ2v) is 6.82. The Hall–Kier alpha value is -1.14. The lowest BCUT2D eigenvalue weighted by Crippen LogP contribution is -2.45. The molecule has 0 bridgehead atoms. The molecular formula is C13H13NO3S2. The van der Waals surface area contributed by atoms with Gasteiger partial charge < -0.3 is 10.0 Å². The molecule has 0 spiro atoms. The summed E-state index contributed by atoms with van der Waals surface area (Å²) in [4.78, 5) is 26.2. The average molecular weight is 295 g/mol. The summed E-state index contributed by atoms with van der Waals surface area (Å²) in [7, 11) is 0. The molecule has 1 unspecified atom stereocenters. The lowest BCUT2D eigenvalue weighted by Gasteiger charge is -2.23. The van der Waals surface area contributed by atoms with Crippen LogP contribution in [0.4, 0.5) is 0 Å². The van der Waals surface area contributed by atoms with Crippen LogP contribution in [-0.4, -0.2) is 44.8 Å². The van der Waals surface area contributed by atoms with Crippen LogP contribution in [0.3, 0.4) is 0 Å². The molecule has 3 rings (SSSR count). The fourth-order valence-electron chi connectivity index (χ4n) is 2.37. The van der Waals surface area contributed by atoms with Gasteiger partial charge in [0.25, 0.3) is 0 Å².